The average molecular weight is 332 g/mol. The predicted octanol–water partition coefficient (Wildman–Crippen LogP) is 5.54. The summed E-state index contributed by atoms with van der Waals surface area (Å²) in [5.41, 5.74) is 2.23. The van der Waals surface area contributed by atoms with E-state index in [9.17, 15) is 4.79 Å². The highest BCUT2D eigenvalue weighted by Gasteiger charge is 2.40. The van der Waals surface area contributed by atoms with E-state index in [1.165, 1.54) is 5.57 Å². The quantitative estimate of drug-likeness (QED) is 0.419. The summed E-state index contributed by atoms with van der Waals surface area (Å²) in [4.78, 5) is 12.8. The second-order valence-corrected chi connectivity index (χ2v) is 7.71. The highest BCUT2D eigenvalue weighted by atomic mass is 16.5. The van der Waals surface area contributed by atoms with E-state index in [-0.39, 0.29) is 11.9 Å². The zero-order valence-corrected chi connectivity index (χ0v) is 15.0. The highest BCUT2D eigenvalue weighted by molar-refractivity contribution is 5.93. The number of hydrogen-bond donors (Lipinski definition) is 0. The zero-order chi connectivity index (χ0) is 17.6. The Morgan fingerprint density at radius 3 is 2.56 bits per heavy atom. The molecule has 0 saturated carbocycles. The first-order valence-corrected chi connectivity index (χ1v) is 9.14. The number of hydrogen-bond acceptors (Lipinski definition) is 2. The topological polar surface area (TPSA) is 26.3 Å². The van der Waals surface area contributed by atoms with E-state index in [1.54, 1.807) is 0 Å². The summed E-state index contributed by atoms with van der Waals surface area (Å²) >= 11 is 0. The number of carbonyl (C=O) groups is 1. The molecule has 2 aromatic carbocycles. The van der Waals surface area contributed by atoms with E-state index in [0.717, 1.165) is 22.8 Å². The van der Waals surface area contributed by atoms with Gasteiger partial charge in [-0.25, -0.2) is 4.79 Å². The Balaban J connectivity index is 1.59. The van der Waals surface area contributed by atoms with Gasteiger partial charge in [-0.15, -0.1) is 0 Å². The highest BCUT2D eigenvalue weighted by Crippen LogP contribution is 2.46. The van der Waals surface area contributed by atoms with Gasteiger partial charge in [0.25, 0.3) is 0 Å². The van der Waals surface area contributed by atoms with Crippen molar-refractivity contribution in [2.75, 3.05) is 0 Å². The van der Waals surface area contributed by atoms with Crippen molar-refractivity contribution in [2.45, 2.75) is 27.2 Å². The Hall–Kier alpha value is -2.35. The van der Waals surface area contributed by atoms with Crippen LogP contribution in [-0.4, -0.2) is 5.97 Å². The number of esters is 1. The lowest BCUT2D eigenvalue weighted by Crippen LogP contribution is -2.36. The second kappa shape index (κ2) is 6.18. The van der Waals surface area contributed by atoms with Gasteiger partial charge in [0.2, 0.25) is 0 Å². The zero-order valence-electron chi connectivity index (χ0n) is 15.0. The molecule has 2 bridgehead atoms. The van der Waals surface area contributed by atoms with Gasteiger partial charge in [-0.2, -0.15) is 0 Å². The van der Waals surface area contributed by atoms with Crippen LogP contribution in [0.5, 0.6) is 5.75 Å². The van der Waals surface area contributed by atoms with E-state index >= 15 is 0 Å². The Labute approximate surface area is 149 Å². The summed E-state index contributed by atoms with van der Waals surface area (Å²) in [6, 6.07) is 13.9. The van der Waals surface area contributed by atoms with Crippen molar-refractivity contribution in [2.24, 2.45) is 23.7 Å². The Morgan fingerprint density at radius 1 is 1.08 bits per heavy atom. The third kappa shape index (κ3) is 2.90. The molecular formula is C23H24O2. The molecule has 0 unspecified atom stereocenters. The van der Waals surface area contributed by atoms with Crippen LogP contribution in [0, 0.1) is 23.7 Å². The first-order valence-electron chi connectivity index (χ1n) is 9.14. The molecule has 5 rings (SSSR count). The molecule has 0 amide bonds. The average Bonchev–Trinajstić information content (AvgIpc) is 2.61. The molecular weight excluding hydrogens is 308 g/mol. The summed E-state index contributed by atoms with van der Waals surface area (Å²) < 4.78 is 5.74. The second-order valence-electron chi connectivity index (χ2n) is 7.71. The number of rotatable bonds is 3. The fourth-order valence-electron chi connectivity index (χ4n) is 4.29. The maximum atomic E-state index is 12.8. The molecule has 3 atom stereocenters. The van der Waals surface area contributed by atoms with Gasteiger partial charge in [0, 0.05) is 11.5 Å². The molecule has 128 valence electrons. The molecule has 3 aliphatic carbocycles. The molecule has 0 aromatic heterocycles. The van der Waals surface area contributed by atoms with Crippen LogP contribution in [0.15, 0.2) is 65.8 Å². The minimum Gasteiger partial charge on any atom is -0.423 e. The van der Waals surface area contributed by atoms with Gasteiger partial charge >= 0.3 is 5.97 Å². The lowest BCUT2D eigenvalue weighted by Gasteiger charge is -2.41. The molecule has 0 spiro atoms. The summed E-state index contributed by atoms with van der Waals surface area (Å²) in [5.74, 6) is 2.09. The van der Waals surface area contributed by atoms with Crippen molar-refractivity contribution in [3.05, 3.63) is 65.8 Å². The number of benzene rings is 2. The van der Waals surface area contributed by atoms with E-state index < -0.39 is 0 Å². The summed E-state index contributed by atoms with van der Waals surface area (Å²) in [7, 11) is 0. The summed E-state index contributed by atoms with van der Waals surface area (Å²) in [6.45, 7) is 6.68. The number of allylic oxidation sites excluding steroid dienone is 3. The van der Waals surface area contributed by atoms with Crippen LogP contribution in [0.3, 0.4) is 0 Å². The van der Waals surface area contributed by atoms with Gasteiger partial charge in [0.1, 0.15) is 5.75 Å². The third-order valence-electron chi connectivity index (χ3n) is 5.78. The SMILES string of the molecule is CC1=C[C@@H]2C(C(=O)Oc3ccc4ccccc4c3)=C[C@H]1C[C@@H]2C(C)C. The van der Waals surface area contributed by atoms with Gasteiger partial charge in [0.15, 0.2) is 0 Å². The first-order chi connectivity index (χ1) is 12.0. The minimum absolute atomic E-state index is 0.193. The van der Waals surface area contributed by atoms with Crippen LogP contribution in [0.1, 0.15) is 27.2 Å². The van der Waals surface area contributed by atoms with Crippen molar-refractivity contribution >= 4 is 16.7 Å². The monoisotopic (exact) mass is 332 g/mol. The van der Waals surface area contributed by atoms with Crippen LogP contribution in [0.4, 0.5) is 0 Å². The van der Waals surface area contributed by atoms with Gasteiger partial charge in [-0.05, 0) is 54.0 Å². The number of ether oxygens (including phenoxy) is 1. The lowest BCUT2D eigenvalue weighted by molar-refractivity contribution is -0.131. The molecule has 3 aliphatic rings. The van der Waals surface area contributed by atoms with Crippen LogP contribution in [0.2, 0.25) is 0 Å². The van der Waals surface area contributed by atoms with Crippen LogP contribution in [-0.2, 0) is 4.79 Å². The molecule has 2 heteroatoms. The van der Waals surface area contributed by atoms with Gasteiger partial charge in [0.05, 0.1) is 0 Å². The minimum atomic E-state index is -0.195. The molecule has 0 aliphatic heterocycles. The van der Waals surface area contributed by atoms with Gasteiger partial charge in [-0.3, -0.25) is 0 Å². The largest absolute Gasteiger partial charge is 0.423 e. The van der Waals surface area contributed by atoms with Gasteiger partial charge in [-0.1, -0.05) is 61.9 Å². The molecule has 0 radical (unpaired) electrons. The molecule has 25 heavy (non-hydrogen) atoms. The standard InChI is InChI=1S/C23H24O2/c1-14(2)20-12-18-13-22(21(20)10-15(18)3)23(24)25-19-9-8-16-6-4-5-7-17(16)11-19/h4-11,13-14,18,20-21H,12H2,1-3H3/t18-,20-,21+/m1/s1. The van der Waals surface area contributed by atoms with Crippen molar-refractivity contribution < 1.29 is 9.53 Å². The Bertz CT molecular complexity index is 888. The lowest BCUT2D eigenvalue weighted by atomic mass is 9.63. The molecule has 0 fully saturated rings. The van der Waals surface area contributed by atoms with Crippen LogP contribution in [0.25, 0.3) is 10.8 Å². The Morgan fingerprint density at radius 2 is 1.84 bits per heavy atom. The number of fused-ring (bicyclic) bond motifs is 2. The molecule has 2 nitrogen and oxygen atoms in total. The van der Waals surface area contributed by atoms with Crippen LogP contribution >= 0.6 is 0 Å². The molecule has 0 N–H and O–H groups in total. The first kappa shape index (κ1) is 16.1. The fourth-order valence-corrected chi connectivity index (χ4v) is 4.29. The number of carbonyl (C=O) groups excluding carboxylic acids is 1. The van der Waals surface area contributed by atoms with Crippen LogP contribution < -0.4 is 4.74 Å². The van der Waals surface area contributed by atoms with E-state index in [4.69, 9.17) is 4.74 Å². The van der Waals surface area contributed by atoms with Crippen molar-refractivity contribution in [3.8, 4) is 5.75 Å². The maximum Gasteiger partial charge on any atom is 0.339 e. The van der Waals surface area contributed by atoms with Crippen molar-refractivity contribution in [1.82, 2.24) is 0 Å². The Kier molecular flexibility index (Phi) is 3.99. The van der Waals surface area contributed by atoms with E-state index in [2.05, 4.69) is 39.0 Å². The van der Waals surface area contributed by atoms with E-state index in [1.807, 2.05) is 36.4 Å². The van der Waals surface area contributed by atoms with Crippen molar-refractivity contribution in [1.29, 1.82) is 0 Å². The van der Waals surface area contributed by atoms with Gasteiger partial charge < -0.3 is 4.74 Å². The summed E-state index contributed by atoms with van der Waals surface area (Å²) in [5, 5.41) is 2.24. The normalized spacial score (nSPS) is 25.0. The maximum absolute atomic E-state index is 12.8. The van der Waals surface area contributed by atoms with E-state index in [0.29, 0.717) is 23.5 Å². The predicted molar refractivity (Wildman–Crippen MR) is 101 cm³/mol. The van der Waals surface area contributed by atoms with Crippen molar-refractivity contribution in [3.63, 3.8) is 0 Å². The summed E-state index contributed by atoms with van der Waals surface area (Å²) in [6.07, 6.45) is 5.58. The molecule has 0 saturated heterocycles. The third-order valence-corrected chi connectivity index (χ3v) is 5.78. The molecule has 2 aromatic rings. The smallest absolute Gasteiger partial charge is 0.339 e. The fraction of sp³-hybridized carbons (Fsp3) is 0.348. The molecule has 0 heterocycles.